The Morgan fingerprint density at radius 3 is 3.04 bits per heavy atom. The van der Waals surface area contributed by atoms with Crippen molar-refractivity contribution in [2.24, 2.45) is 0 Å². The average molecular weight is 359 g/mol. The lowest BCUT2D eigenvalue weighted by molar-refractivity contribution is -0.0943. The van der Waals surface area contributed by atoms with Crippen LogP contribution in [0.1, 0.15) is 10.5 Å². The lowest BCUT2D eigenvalue weighted by Gasteiger charge is -2.32. The summed E-state index contributed by atoms with van der Waals surface area (Å²) in [6.07, 6.45) is -3.85. The molecule has 2 aromatic rings. The third-order valence-electron chi connectivity index (χ3n) is 3.46. The molecule has 2 heterocycles. The molecule has 1 saturated heterocycles. The van der Waals surface area contributed by atoms with E-state index >= 15 is 0 Å². The molecule has 1 aliphatic rings. The van der Waals surface area contributed by atoms with Gasteiger partial charge in [0.25, 0.3) is 12.3 Å². The molecule has 1 unspecified atom stereocenters. The first kappa shape index (κ1) is 16.3. The predicted octanol–water partition coefficient (Wildman–Crippen LogP) is 3.57. The van der Waals surface area contributed by atoms with Crippen LogP contribution in [0, 0.1) is 0 Å². The van der Waals surface area contributed by atoms with Crippen LogP contribution in [0.4, 0.5) is 8.78 Å². The molecule has 0 N–H and O–H groups in total. The summed E-state index contributed by atoms with van der Waals surface area (Å²) in [5.41, 5.74) is 1.06. The fraction of sp³-hybridized carbons (Fsp3) is 0.333. The molecular weight excluding hydrogens is 346 g/mol. The Bertz CT molecular complexity index is 710. The Kier molecular flexibility index (Phi) is 4.89. The lowest BCUT2D eigenvalue weighted by Crippen LogP contribution is -2.48. The number of hydrogen-bond acceptors (Lipinski definition) is 4. The number of halogens is 3. The number of hydrogen-bond donors (Lipinski definition) is 0. The molecule has 0 aliphatic carbocycles. The van der Waals surface area contributed by atoms with Gasteiger partial charge in [0.2, 0.25) is 0 Å². The second-order valence-electron chi connectivity index (χ2n) is 5.04. The molecule has 0 spiro atoms. The molecule has 0 bridgehead atoms. The van der Waals surface area contributed by atoms with Crippen LogP contribution in [0.25, 0.3) is 10.6 Å². The number of ether oxygens (including phenoxy) is 1. The summed E-state index contributed by atoms with van der Waals surface area (Å²) in [5, 5.41) is 2.87. The summed E-state index contributed by atoms with van der Waals surface area (Å²) in [7, 11) is 0. The maximum absolute atomic E-state index is 12.7. The molecule has 0 radical (unpaired) electrons. The topological polar surface area (TPSA) is 42.4 Å². The van der Waals surface area contributed by atoms with Gasteiger partial charge in [-0.25, -0.2) is 13.8 Å². The number of carbonyl (C=O) groups excluding carboxylic acids is 1. The first-order valence-electron chi connectivity index (χ1n) is 6.95. The SMILES string of the molecule is O=C(c1csc(-c2cccc(Cl)c2)n1)N1CCOC(C(F)F)C1. The van der Waals surface area contributed by atoms with E-state index in [1.807, 2.05) is 6.07 Å². The van der Waals surface area contributed by atoms with Gasteiger partial charge in [-0.05, 0) is 12.1 Å². The van der Waals surface area contributed by atoms with Crippen molar-refractivity contribution in [2.45, 2.75) is 12.5 Å². The molecule has 23 heavy (non-hydrogen) atoms. The van der Waals surface area contributed by atoms with Crippen molar-refractivity contribution < 1.29 is 18.3 Å². The fourth-order valence-electron chi connectivity index (χ4n) is 2.30. The minimum absolute atomic E-state index is 0.103. The number of thiazole rings is 1. The van der Waals surface area contributed by atoms with Gasteiger partial charge in [0.15, 0.2) is 0 Å². The zero-order valence-corrected chi connectivity index (χ0v) is 13.5. The minimum Gasteiger partial charge on any atom is -0.369 e. The molecule has 0 saturated carbocycles. The maximum atomic E-state index is 12.7. The number of alkyl halides is 2. The molecule has 122 valence electrons. The molecule has 8 heteroatoms. The highest BCUT2D eigenvalue weighted by Gasteiger charge is 2.31. The minimum atomic E-state index is -2.61. The van der Waals surface area contributed by atoms with Gasteiger partial charge in [-0.2, -0.15) is 0 Å². The molecule has 1 amide bonds. The van der Waals surface area contributed by atoms with Gasteiger partial charge < -0.3 is 9.64 Å². The van der Waals surface area contributed by atoms with Crippen LogP contribution in [0.3, 0.4) is 0 Å². The van der Waals surface area contributed by atoms with Gasteiger partial charge in [0.1, 0.15) is 16.8 Å². The smallest absolute Gasteiger partial charge is 0.273 e. The highest BCUT2D eigenvalue weighted by Crippen LogP contribution is 2.27. The molecule has 3 rings (SSSR count). The molecule has 4 nitrogen and oxygen atoms in total. The lowest BCUT2D eigenvalue weighted by atomic mass is 10.2. The number of aromatic nitrogens is 1. The van der Waals surface area contributed by atoms with Crippen molar-refractivity contribution in [2.75, 3.05) is 19.7 Å². The van der Waals surface area contributed by atoms with E-state index in [9.17, 15) is 13.6 Å². The maximum Gasteiger partial charge on any atom is 0.273 e. The van der Waals surface area contributed by atoms with Crippen molar-refractivity contribution in [1.29, 1.82) is 0 Å². The van der Waals surface area contributed by atoms with Gasteiger partial charge in [0, 0.05) is 22.5 Å². The van der Waals surface area contributed by atoms with Crippen LogP contribution in [0.2, 0.25) is 5.02 Å². The predicted molar refractivity (Wildman–Crippen MR) is 84.2 cm³/mol. The summed E-state index contributed by atoms with van der Waals surface area (Å²) in [6.45, 7) is 0.263. The molecule has 1 aliphatic heterocycles. The first-order chi connectivity index (χ1) is 11.0. The quantitative estimate of drug-likeness (QED) is 0.842. The summed E-state index contributed by atoms with van der Waals surface area (Å²) >= 11 is 7.26. The van der Waals surface area contributed by atoms with E-state index in [0.717, 1.165) is 5.56 Å². The van der Waals surface area contributed by atoms with Crippen molar-refractivity contribution in [3.8, 4) is 10.6 Å². The highest BCUT2D eigenvalue weighted by molar-refractivity contribution is 7.13. The van der Waals surface area contributed by atoms with Crippen molar-refractivity contribution in [3.05, 3.63) is 40.4 Å². The second kappa shape index (κ2) is 6.90. The van der Waals surface area contributed by atoms with Gasteiger partial charge >= 0.3 is 0 Å². The fourth-order valence-corrected chi connectivity index (χ4v) is 3.28. The number of nitrogens with zero attached hydrogens (tertiary/aromatic N) is 2. The Morgan fingerprint density at radius 2 is 2.30 bits per heavy atom. The molecular formula is C15H13ClF2N2O2S. The van der Waals surface area contributed by atoms with E-state index < -0.39 is 12.5 Å². The number of rotatable bonds is 3. The summed E-state index contributed by atoms with van der Waals surface area (Å²) in [4.78, 5) is 18.1. The van der Waals surface area contributed by atoms with E-state index in [0.29, 0.717) is 10.0 Å². The Balaban J connectivity index is 1.76. The van der Waals surface area contributed by atoms with E-state index in [4.69, 9.17) is 16.3 Å². The van der Waals surface area contributed by atoms with Gasteiger partial charge in [-0.15, -0.1) is 11.3 Å². The standard InChI is InChI=1S/C15H13ClF2N2O2S/c16-10-3-1-2-9(6-10)14-19-11(8-23-14)15(21)20-4-5-22-12(7-20)13(17)18/h1-3,6,8,12-13H,4-5,7H2. The number of morpholine rings is 1. The van der Waals surface area contributed by atoms with Gasteiger partial charge in [0.05, 0.1) is 13.2 Å². The third-order valence-corrected chi connectivity index (χ3v) is 4.58. The largest absolute Gasteiger partial charge is 0.369 e. The van der Waals surface area contributed by atoms with Crippen LogP contribution in [0.15, 0.2) is 29.6 Å². The van der Waals surface area contributed by atoms with Crippen LogP contribution < -0.4 is 0 Å². The van der Waals surface area contributed by atoms with Crippen LogP contribution in [-0.4, -0.2) is 48.0 Å². The Morgan fingerprint density at radius 1 is 1.48 bits per heavy atom. The van der Waals surface area contributed by atoms with Crippen LogP contribution >= 0.6 is 22.9 Å². The second-order valence-corrected chi connectivity index (χ2v) is 6.34. The summed E-state index contributed by atoms with van der Waals surface area (Å²) in [6, 6.07) is 7.16. The average Bonchev–Trinajstić information content (AvgIpc) is 3.04. The number of carbonyl (C=O) groups is 1. The molecule has 1 aromatic heterocycles. The normalized spacial score (nSPS) is 18.4. The van der Waals surface area contributed by atoms with Gasteiger partial charge in [-0.1, -0.05) is 23.7 Å². The Labute approximate surface area is 140 Å². The van der Waals surface area contributed by atoms with Crippen molar-refractivity contribution >= 4 is 28.8 Å². The van der Waals surface area contributed by atoms with Crippen molar-refractivity contribution in [3.63, 3.8) is 0 Å². The number of amides is 1. The summed E-state index contributed by atoms with van der Waals surface area (Å²) in [5.74, 6) is -0.358. The number of benzene rings is 1. The van der Waals surface area contributed by atoms with E-state index in [1.54, 1.807) is 23.6 Å². The van der Waals surface area contributed by atoms with E-state index in [1.165, 1.54) is 16.2 Å². The zero-order chi connectivity index (χ0) is 16.4. The summed E-state index contributed by atoms with van der Waals surface area (Å²) < 4.78 is 30.4. The monoisotopic (exact) mass is 358 g/mol. The first-order valence-corrected chi connectivity index (χ1v) is 8.21. The highest BCUT2D eigenvalue weighted by atomic mass is 35.5. The third kappa shape index (κ3) is 3.68. The van der Waals surface area contributed by atoms with Crippen LogP contribution in [-0.2, 0) is 4.74 Å². The zero-order valence-electron chi connectivity index (χ0n) is 11.9. The van der Waals surface area contributed by atoms with E-state index in [2.05, 4.69) is 4.98 Å². The molecule has 1 atom stereocenters. The van der Waals surface area contributed by atoms with E-state index in [-0.39, 0.29) is 31.3 Å². The van der Waals surface area contributed by atoms with Gasteiger partial charge in [-0.3, -0.25) is 4.79 Å². The Hall–Kier alpha value is -1.57. The molecule has 1 fully saturated rings. The van der Waals surface area contributed by atoms with Crippen molar-refractivity contribution in [1.82, 2.24) is 9.88 Å². The molecule has 1 aromatic carbocycles. The van der Waals surface area contributed by atoms with Crippen LogP contribution in [0.5, 0.6) is 0 Å².